The summed E-state index contributed by atoms with van der Waals surface area (Å²) in [6, 6.07) is 7.79. The summed E-state index contributed by atoms with van der Waals surface area (Å²) in [5.41, 5.74) is 6.61. The van der Waals surface area contributed by atoms with Crippen LogP contribution in [0.1, 0.15) is 32.3 Å². The number of hydrogen-bond acceptors (Lipinski definition) is 3. The van der Waals surface area contributed by atoms with Crippen molar-refractivity contribution < 1.29 is 9.53 Å². The zero-order valence-electron chi connectivity index (χ0n) is 11.5. The molecule has 0 aromatic heterocycles. The lowest BCUT2D eigenvalue weighted by molar-refractivity contribution is -0.121. The molecule has 0 fully saturated rings. The van der Waals surface area contributed by atoms with E-state index in [1.165, 1.54) is 0 Å². The molecule has 0 radical (unpaired) electrons. The average molecular weight is 287 g/mol. The van der Waals surface area contributed by atoms with Crippen molar-refractivity contribution in [3.05, 3.63) is 29.8 Å². The molecular formula is C14H23ClN2O2. The van der Waals surface area contributed by atoms with E-state index < -0.39 is 0 Å². The Morgan fingerprint density at radius 2 is 2.11 bits per heavy atom. The van der Waals surface area contributed by atoms with E-state index in [-0.39, 0.29) is 24.4 Å². The Balaban J connectivity index is 0.00000324. The van der Waals surface area contributed by atoms with Crippen molar-refractivity contribution in [3.8, 4) is 5.75 Å². The fraction of sp³-hybridized carbons (Fsp3) is 0.500. The van der Waals surface area contributed by atoms with Crippen molar-refractivity contribution in [1.82, 2.24) is 5.32 Å². The second kappa shape index (κ2) is 9.64. The maximum Gasteiger partial charge on any atom is 0.220 e. The van der Waals surface area contributed by atoms with E-state index in [1.54, 1.807) is 0 Å². The van der Waals surface area contributed by atoms with Gasteiger partial charge < -0.3 is 15.8 Å². The molecule has 0 aliphatic rings. The summed E-state index contributed by atoms with van der Waals surface area (Å²) < 4.78 is 5.50. The van der Waals surface area contributed by atoms with Gasteiger partial charge in [0.15, 0.2) is 0 Å². The van der Waals surface area contributed by atoms with Crippen molar-refractivity contribution in [2.24, 2.45) is 5.73 Å². The largest absolute Gasteiger partial charge is 0.494 e. The standard InChI is InChI=1S/C14H22N2O2.ClH/c1-3-18-13-7-5-4-6-12(13)10-16-14(17)9-8-11(2)15;/h4-7,11H,3,8-10,15H2,1-2H3,(H,16,17);1H. The summed E-state index contributed by atoms with van der Waals surface area (Å²) in [4.78, 5) is 11.6. The van der Waals surface area contributed by atoms with Crippen LogP contribution in [0.15, 0.2) is 24.3 Å². The van der Waals surface area contributed by atoms with Gasteiger partial charge >= 0.3 is 0 Å². The molecule has 0 bridgehead atoms. The first-order chi connectivity index (χ1) is 8.63. The van der Waals surface area contributed by atoms with Gasteiger partial charge in [-0.1, -0.05) is 18.2 Å². The Hall–Kier alpha value is -1.26. The molecule has 0 saturated carbocycles. The average Bonchev–Trinajstić information content (AvgIpc) is 2.35. The summed E-state index contributed by atoms with van der Waals surface area (Å²) in [5.74, 6) is 0.853. The molecule has 4 nitrogen and oxygen atoms in total. The number of carbonyl (C=O) groups excluding carboxylic acids is 1. The Morgan fingerprint density at radius 3 is 2.74 bits per heavy atom. The quantitative estimate of drug-likeness (QED) is 0.808. The number of halogens is 1. The van der Waals surface area contributed by atoms with E-state index >= 15 is 0 Å². The van der Waals surface area contributed by atoms with Gasteiger partial charge in [-0.2, -0.15) is 0 Å². The molecule has 1 atom stereocenters. The summed E-state index contributed by atoms with van der Waals surface area (Å²) in [7, 11) is 0. The van der Waals surface area contributed by atoms with Crippen molar-refractivity contribution in [2.75, 3.05) is 6.61 Å². The zero-order valence-corrected chi connectivity index (χ0v) is 12.3. The number of ether oxygens (including phenoxy) is 1. The van der Waals surface area contributed by atoms with E-state index in [0.717, 1.165) is 11.3 Å². The fourth-order valence-corrected chi connectivity index (χ4v) is 1.59. The van der Waals surface area contributed by atoms with Crippen molar-refractivity contribution in [2.45, 2.75) is 39.3 Å². The minimum absolute atomic E-state index is 0. The molecule has 1 unspecified atom stereocenters. The van der Waals surface area contributed by atoms with Crippen LogP contribution in [-0.4, -0.2) is 18.6 Å². The molecule has 0 aliphatic carbocycles. The first-order valence-corrected chi connectivity index (χ1v) is 6.36. The summed E-state index contributed by atoms with van der Waals surface area (Å²) in [5, 5.41) is 2.88. The van der Waals surface area contributed by atoms with Crippen LogP contribution in [0, 0.1) is 0 Å². The smallest absolute Gasteiger partial charge is 0.220 e. The van der Waals surface area contributed by atoms with Gasteiger partial charge in [-0.25, -0.2) is 0 Å². The predicted octanol–water partition coefficient (Wildman–Crippen LogP) is 2.25. The lowest BCUT2D eigenvalue weighted by Crippen LogP contribution is -2.25. The second-order valence-electron chi connectivity index (χ2n) is 4.33. The number of nitrogens with one attached hydrogen (secondary N) is 1. The van der Waals surface area contributed by atoms with Crippen LogP contribution in [-0.2, 0) is 11.3 Å². The van der Waals surface area contributed by atoms with Gasteiger partial charge in [0.05, 0.1) is 6.61 Å². The number of nitrogens with two attached hydrogens (primary N) is 1. The summed E-state index contributed by atoms with van der Waals surface area (Å²) in [6.07, 6.45) is 1.17. The number of para-hydroxylation sites is 1. The van der Waals surface area contributed by atoms with E-state index in [9.17, 15) is 4.79 Å². The second-order valence-corrected chi connectivity index (χ2v) is 4.33. The fourth-order valence-electron chi connectivity index (χ4n) is 1.59. The lowest BCUT2D eigenvalue weighted by Gasteiger charge is -2.11. The molecule has 0 saturated heterocycles. The summed E-state index contributed by atoms with van der Waals surface area (Å²) in [6.45, 7) is 4.96. The van der Waals surface area contributed by atoms with Crippen LogP contribution in [0.5, 0.6) is 5.75 Å². The normalized spacial score (nSPS) is 11.3. The third kappa shape index (κ3) is 7.03. The highest BCUT2D eigenvalue weighted by molar-refractivity contribution is 5.85. The monoisotopic (exact) mass is 286 g/mol. The maximum absolute atomic E-state index is 11.6. The van der Waals surface area contributed by atoms with Crippen LogP contribution in [0.4, 0.5) is 0 Å². The molecule has 1 aromatic rings. The highest BCUT2D eigenvalue weighted by atomic mass is 35.5. The Bertz CT molecular complexity index is 383. The molecule has 1 aromatic carbocycles. The van der Waals surface area contributed by atoms with E-state index in [2.05, 4.69) is 5.32 Å². The Morgan fingerprint density at radius 1 is 1.42 bits per heavy atom. The molecule has 1 amide bonds. The van der Waals surface area contributed by atoms with Crippen LogP contribution in [0.25, 0.3) is 0 Å². The first kappa shape index (κ1) is 17.7. The molecule has 3 N–H and O–H groups in total. The Kier molecular flexibility index (Phi) is 9.00. The van der Waals surface area contributed by atoms with Gasteiger partial charge in [0.25, 0.3) is 0 Å². The Labute approximate surface area is 121 Å². The van der Waals surface area contributed by atoms with Crippen LogP contribution < -0.4 is 15.8 Å². The predicted molar refractivity (Wildman–Crippen MR) is 79.6 cm³/mol. The third-order valence-electron chi connectivity index (χ3n) is 2.58. The van der Waals surface area contributed by atoms with Gasteiger partial charge in [0.1, 0.15) is 5.75 Å². The van der Waals surface area contributed by atoms with Crippen molar-refractivity contribution in [3.63, 3.8) is 0 Å². The van der Waals surface area contributed by atoms with Gasteiger partial charge in [-0.3, -0.25) is 4.79 Å². The molecular weight excluding hydrogens is 264 g/mol. The van der Waals surface area contributed by atoms with Crippen molar-refractivity contribution in [1.29, 1.82) is 0 Å². The molecule has 5 heteroatoms. The SMILES string of the molecule is CCOc1ccccc1CNC(=O)CCC(C)N.Cl. The molecule has 19 heavy (non-hydrogen) atoms. The van der Waals surface area contributed by atoms with Crippen molar-refractivity contribution >= 4 is 18.3 Å². The number of hydrogen-bond donors (Lipinski definition) is 2. The highest BCUT2D eigenvalue weighted by Crippen LogP contribution is 2.17. The van der Waals surface area contributed by atoms with Crippen LogP contribution in [0.2, 0.25) is 0 Å². The molecule has 0 aliphatic heterocycles. The van der Waals surface area contributed by atoms with Gasteiger partial charge in [-0.05, 0) is 26.3 Å². The van der Waals surface area contributed by atoms with Gasteiger partial charge in [0, 0.05) is 24.6 Å². The van der Waals surface area contributed by atoms with Crippen LogP contribution >= 0.6 is 12.4 Å². The van der Waals surface area contributed by atoms with Gasteiger partial charge in [-0.15, -0.1) is 12.4 Å². The zero-order chi connectivity index (χ0) is 13.4. The number of amides is 1. The maximum atomic E-state index is 11.6. The van der Waals surface area contributed by atoms with E-state index in [0.29, 0.717) is 26.0 Å². The molecule has 0 spiro atoms. The molecule has 0 heterocycles. The molecule has 108 valence electrons. The van der Waals surface area contributed by atoms with Crippen LogP contribution in [0.3, 0.4) is 0 Å². The highest BCUT2D eigenvalue weighted by Gasteiger charge is 2.06. The number of carbonyl (C=O) groups is 1. The topological polar surface area (TPSA) is 64.3 Å². The third-order valence-corrected chi connectivity index (χ3v) is 2.58. The first-order valence-electron chi connectivity index (χ1n) is 6.36. The van der Waals surface area contributed by atoms with E-state index in [1.807, 2.05) is 38.1 Å². The summed E-state index contributed by atoms with van der Waals surface area (Å²) >= 11 is 0. The minimum atomic E-state index is 0. The lowest BCUT2D eigenvalue weighted by atomic mass is 10.1. The number of rotatable bonds is 7. The number of benzene rings is 1. The minimum Gasteiger partial charge on any atom is -0.494 e. The molecule has 1 rings (SSSR count). The van der Waals surface area contributed by atoms with E-state index in [4.69, 9.17) is 10.5 Å². The van der Waals surface area contributed by atoms with Gasteiger partial charge in [0.2, 0.25) is 5.91 Å².